The maximum atomic E-state index is 13.1. The number of nitrogens with one attached hydrogen (secondary N) is 1. The van der Waals surface area contributed by atoms with Crippen LogP contribution in [-0.2, 0) is 0 Å². The van der Waals surface area contributed by atoms with Crippen molar-refractivity contribution in [2.75, 3.05) is 18.2 Å². The predicted molar refractivity (Wildman–Crippen MR) is 74.6 cm³/mol. The number of pyridine rings is 1. The predicted octanol–water partition coefficient (Wildman–Crippen LogP) is 2.72. The van der Waals surface area contributed by atoms with Crippen LogP contribution < -0.4 is 15.8 Å². The van der Waals surface area contributed by atoms with E-state index in [1.54, 1.807) is 18.2 Å². The number of carbonyl (C=O) groups excluding carboxylic acids is 1. The minimum atomic E-state index is -0.652. The lowest BCUT2D eigenvalue weighted by atomic mass is 10.2. The number of halogens is 2. The van der Waals surface area contributed by atoms with Gasteiger partial charge in [-0.25, -0.2) is 9.37 Å². The Bertz CT molecular complexity index is 664. The molecule has 1 aromatic heterocycles. The first-order chi connectivity index (χ1) is 9.51. The number of hydrogen-bond acceptors (Lipinski definition) is 4. The van der Waals surface area contributed by atoms with E-state index in [1.165, 1.54) is 7.11 Å². The summed E-state index contributed by atoms with van der Waals surface area (Å²) in [4.78, 5) is 15.6. The third-order valence-corrected chi connectivity index (χ3v) is 2.88. The van der Waals surface area contributed by atoms with E-state index in [4.69, 9.17) is 22.1 Å². The molecule has 7 heteroatoms. The Morgan fingerprint density at radius 1 is 1.45 bits per heavy atom. The summed E-state index contributed by atoms with van der Waals surface area (Å²) in [5, 5.41) is 2.85. The highest BCUT2D eigenvalue weighted by atomic mass is 35.5. The van der Waals surface area contributed by atoms with Gasteiger partial charge in [-0.05, 0) is 18.2 Å². The molecule has 0 unspecified atom stereocenters. The molecule has 0 bridgehead atoms. The lowest BCUT2D eigenvalue weighted by Crippen LogP contribution is -2.15. The second-order valence-electron chi connectivity index (χ2n) is 3.89. The van der Waals surface area contributed by atoms with Crippen molar-refractivity contribution in [3.8, 4) is 5.75 Å². The molecule has 0 fully saturated rings. The Morgan fingerprint density at radius 3 is 2.90 bits per heavy atom. The maximum Gasteiger partial charge on any atom is 0.259 e. The van der Waals surface area contributed by atoms with Crippen LogP contribution in [0.4, 0.5) is 15.9 Å². The van der Waals surface area contributed by atoms with Gasteiger partial charge in [-0.2, -0.15) is 0 Å². The van der Waals surface area contributed by atoms with Crippen LogP contribution in [-0.4, -0.2) is 18.0 Å². The number of anilines is 2. The average Bonchev–Trinajstić information content (AvgIpc) is 2.43. The van der Waals surface area contributed by atoms with Crippen LogP contribution in [0.25, 0.3) is 0 Å². The Morgan fingerprint density at radius 2 is 2.20 bits per heavy atom. The van der Waals surface area contributed by atoms with E-state index < -0.39 is 11.7 Å². The van der Waals surface area contributed by atoms with Crippen LogP contribution >= 0.6 is 11.6 Å². The number of carbonyl (C=O) groups is 1. The van der Waals surface area contributed by atoms with Crippen molar-refractivity contribution in [1.82, 2.24) is 4.98 Å². The van der Waals surface area contributed by atoms with Crippen LogP contribution in [0.15, 0.2) is 30.5 Å². The van der Waals surface area contributed by atoms with E-state index in [0.717, 1.165) is 12.3 Å². The van der Waals surface area contributed by atoms with Crippen molar-refractivity contribution >= 4 is 29.0 Å². The van der Waals surface area contributed by atoms with Gasteiger partial charge in [0.05, 0.1) is 29.6 Å². The van der Waals surface area contributed by atoms with Gasteiger partial charge < -0.3 is 15.8 Å². The van der Waals surface area contributed by atoms with Crippen molar-refractivity contribution in [3.63, 3.8) is 0 Å². The molecule has 1 amide bonds. The summed E-state index contributed by atoms with van der Waals surface area (Å²) >= 11 is 5.96. The van der Waals surface area contributed by atoms with Gasteiger partial charge in [-0.15, -0.1) is 0 Å². The molecule has 2 aromatic rings. The molecule has 0 saturated carbocycles. The van der Waals surface area contributed by atoms with Gasteiger partial charge in [0.1, 0.15) is 17.4 Å². The molecule has 0 spiro atoms. The zero-order chi connectivity index (χ0) is 14.7. The normalized spacial score (nSPS) is 10.2. The van der Waals surface area contributed by atoms with Gasteiger partial charge in [0.15, 0.2) is 0 Å². The molecular formula is C13H11ClFN3O2. The Labute approximate surface area is 119 Å². The van der Waals surface area contributed by atoms with Crippen molar-refractivity contribution in [3.05, 3.63) is 46.9 Å². The molecule has 0 atom stereocenters. The van der Waals surface area contributed by atoms with Crippen molar-refractivity contribution < 1.29 is 13.9 Å². The molecule has 0 aliphatic carbocycles. The fourth-order valence-electron chi connectivity index (χ4n) is 1.55. The number of ether oxygens (including phenoxy) is 1. The average molecular weight is 296 g/mol. The van der Waals surface area contributed by atoms with Gasteiger partial charge in [0, 0.05) is 6.07 Å². The van der Waals surface area contributed by atoms with E-state index in [0.29, 0.717) is 16.5 Å². The van der Waals surface area contributed by atoms with E-state index in [2.05, 4.69) is 10.3 Å². The number of nitrogens with zero attached hydrogens (tertiary/aromatic N) is 1. The van der Waals surface area contributed by atoms with Crippen molar-refractivity contribution in [2.24, 2.45) is 0 Å². The van der Waals surface area contributed by atoms with Gasteiger partial charge in [-0.1, -0.05) is 11.6 Å². The maximum absolute atomic E-state index is 13.1. The molecule has 5 nitrogen and oxygen atoms in total. The van der Waals surface area contributed by atoms with Crippen LogP contribution in [0.2, 0.25) is 5.02 Å². The third-order valence-electron chi connectivity index (χ3n) is 2.55. The first kappa shape index (κ1) is 14.1. The second-order valence-corrected chi connectivity index (χ2v) is 4.29. The van der Waals surface area contributed by atoms with Gasteiger partial charge >= 0.3 is 0 Å². The molecule has 3 N–H and O–H groups in total. The van der Waals surface area contributed by atoms with Gasteiger partial charge in [0.2, 0.25) is 0 Å². The van der Waals surface area contributed by atoms with Crippen LogP contribution in [0.5, 0.6) is 5.75 Å². The molecule has 1 heterocycles. The van der Waals surface area contributed by atoms with Gasteiger partial charge in [0.25, 0.3) is 5.91 Å². The number of rotatable bonds is 3. The fourth-order valence-corrected chi connectivity index (χ4v) is 1.71. The number of nitrogen functional groups attached to an aromatic ring is 1. The monoisotopic (exact) mass is 295 g/mol. The van der Waals surface area contributed by atoms with E-state index in [1.807, 2.05) is 0 Å². The van der Waals surface area contributed by atoms with E-state index >= 15 is 0 Å². The van der Waals surface area contributed by atoms with E-state index in [-0.39, 0.29) is 11.4 Å². The van der Waals surface area contributed by atoms with Crippen LogP contribution in [0.3, 0.4) is 0 Å². The molecule has 0 aliphatic heterocycles. The zero-order valence-electron chi connectivity index (χ0n) is 10.5. The second kappa shape index (κ2) is 5.75. The minimum absolute atomic E-state index is 0.0658. The lowest BCUT2D eigenvalue weighted by Gasteiger charge is -2.10. The number of methoxy groups -OCH3 is 1. The highest BCUT2D eigenvalue weighted by Crippen LogP contribution is 2.27. The molecule has 1 aromatic carbocycles. The SMILES string of the molecule is COc1ccc(Cl)c(NC(=O)c2cc(F)cnc2N)c1. The first-order valence-corrected chi connectivity index (χ1v) is 5.95. The number of amides is 1. The molecule has 104 valence electrons. The van der Waals surface area contributed by atoms with Crippen LogP contribution in [0.1, 0.15) is 10.4 Å². The first-order valence-electron chi connectivity index (χ1n) is 5.57. The quantitative estimate of drug-likeness (QED) is 0.912. The van der Waals surface area contributed by atoms with Crippen molar-refractivity contribution in [1.29, 1.82) is 0 Å². The summed E-state index contributed by atoms with van der Waals surface area (Å²) in [6.07, 6.45) is 0.935. The summed E-state index contributed by atoms with van der Waals surface area (Å²) in [6.45, 7) is 0. The highest BCUT2D eigenvalue weighted by Gasteiger charge is 2.14. The van der Waals surface area contributed by atoms with Crippen LogP contribution in [0, 0.1) is 5.82 Å². The zero-order valence-corrected chi connectivity index (χ0v) is 11.2. The van der Waals surface area contributed by atoms with Gasteiger partial charge in [-0.3, -0.25) is 4.79 Å². The fraction of sp³-hybridized carbons (Fsp3) is 0.0769. The minimum Gasteiger partial charge on any atom is -0.497 e. The summed E-state index contributed by atoms with van der Waals surface area (Å²) in [6, 6.07) is 5.77. The Hall–Kier alpha value is -2.34. The number of hydrogen-bond donors (Lipinski definition) is 2. The van der Waals surface area contributed by atoms with E-state index in [9.17, 15) is 9.18 Å². The van der Waals surface area contributed by atoms with Crippen molar-refractivity contribution in [2.45, 2.75) is 0 Å². The Balaban J connectivity index is 2.30. The number of benzene rings is 1. The summed E-state index contributed by atoms with van der Waals surface area (Å²) in [7, 11) is 1.49. The molecule has 20 heavy (non-hydrogen) atoms. The topological polar surface area (TPSA) is 77.2 Å². The molecule has 2 rings (SSSR count). The third kappa shape index (κ3) is 2.97. The summed E-state index contributed by atoms with van der Waals surface area (Å²) in [5.41, 5.74) is 5.81. The summed E-state index contributed by atoms with van der Waals surface area (Å²) in [5.74, 6) is -0.802. The molecule has 0 saturated heterocycles. The molecule has 0 radical (unpaired) electrons. The number of nitrogens with two attached hydrogens (primary N) is 1. The molecule has 0 aliphatic rings. The summed E-state index contributed by atoms with van der Waals surface area (Å²) < 4.78 is 18.1. The molecular weight excluding hydrogens is 285 g/mol. The standard InChI is InChI=1S/C13H11ClFN3O2/c1-20-8-2-3-10(14)11(5-8)18-13(19)9-4-7(15)6-17-12(9)16/h2-6H,1H3,(H2,16,17)(H,18,19). The smallest absolute Gasteiger partial charge is 0.259 e. The number of aromatic nitrogens is 1. The lowest BCUT2D eigenvalue weighted by molar-refractivity contribution is 0.102. The largest absolute Gasteiger partial charge is 0.497 e. The Kier molecular flexibility index (Phi) is 4.05. The highest BCUT2D eigenvalue weighted by molar-refractivity contribution is 6.34.